The minimum Gasteiger partial charge on any atom is -0.465 e. The summed E-state index contributed by atoms with van der Waals surface area (Å²) in [5, 5.41) is 10.0. The number of Topliss-reactive ketones (excluding diaryl/α,β-unsaturated/α-hetero) is 3. The summed E-state index contributed by atoms with van der Waals surface area (Å²) < 4.78 is 14.1. The Bertz CT molecular complexity index is 4050. The fraction of sp³-hybridized carbons (Fsp3) is 0.167. The summed E-state index contributed by atoms with van der Waals surface area (Å²) in [7, 11) is 4.01. The van der Waals surface area contributed by atoms with Crippen LogP contribution in [0, 0.1) is 0 Å². The fourth-order valence-corrected chi connectivity index (χ4v) is 9.20. The number of rotatable bonds is 9. The van der Waals surface area contributed by atoms with Gasteiger partial charge in [0.2, 0.25) is 5.24 Å². The number of nitrogens with two attached hydrogens (primary N) is 2. The van der Waals surface area contributed by atoms with Crippen molar-refractivity contribution in [1.29, 1.82) is 0 Å². The second-order valence-electron chi connectivity index (χ2n) is 17.7. The van der Waals surface area contributed by atoms with Crippen LogP contribution in [0.2, 0.25) is 0 Å². The number of ketones is 3. The van der Waals surface area contributed by atoms with Crippen molar-refractivity contribution >= 4 is 147 Å². The van der Waals surface area contributed by atoms with E-state index in [1.54, 1.807) is 80.2 Å². The molecule has 0 aliphatic carbocycles. The zero-order chi connectivity index (χ0) is 61.9. The highest BCUT2D eigenvalue weighted by Crippen LogP contribution is 2.29. The number of aromatic amines is 5. The molecule has 16 N–H and O–H groups in total. The van der Waals surface area contributed by atoms with E-state index >= 15 is 0 Å². The molecule has 0 radical (unpaired) electrons. The standard InChI is InChI=1S/C13H13NO3.C12H10ClNO3.C12H11N3O.C11H8N2O2.C10H9NO2.C2H2Cl2O.H4N2.H3N.H2O/c1-3-11(15)9-7-14-10-6-4-5-8(12(9)10)13(16)17-2;1-17-12(16)7-3-2-4-9-11(7)8(6-14-9)10(15)5-13;1-2-9-8-6-13-10-5-3-4-7(11(8)10)12(16)15-14-9;14-9-5-13-11(15)6-2-1-3-8-10(6)7(9)4-12-8;1-13-10(12)8-3-2-4-9-7(8)5-6-11-9;3-1-2(4)5;1-2;;/h4-7,14H,3H2,1-2H3;2-4,6,14H,5H2,1H3;3-6,13H,2H2,1H3,(H,15,16);1-4,12H,5H2,(H,13,15);2-6,11H,1H3;1H2;1-2H2;1H3;1H2. The number of alkyl halides is 2. The lowest BCUT2D eigenvalue weighted by Crippen LogP contribution is -2.26. The van der Waals surface area contributed by atoms with Gasteiger partial charge >= 0.3 is 17.9 Å². The van der Waals surface area contributed by atoms with Gasteiger partial charge in [-0.25, -0.2) is 19.8 Å². The zero-order valence-corrected chi connectivity index (χ0v) is 49.8. The predicted octanol–water partition coefficient (Wildman–Crippen LogP) is 9.14. The largest absolute Gasteiger partial charge is 0.465 e. The number of halogens is 3. The molecule has 0 saturated heterocycles. The van der Waals surface area contributed by atoms with E-state index in [2.05, 4.69) is 61.9 Å². The maximum absolute atomic E-state index is 11.8. The van der Waals surface area contributed by atoms with E-state index in [-0.39, 0.29) is 65.1 Å². The van der Waals surface area contributed by atoms with Gasteiger partial charge in [-0.1, -0.05) is 44.2 Å². The van der Waals surface area contributed by atoms with Crippen LogP contribution in [0.15, 0.2) is 133 Å². The number of hydrazone groups is 1. The average Bonchev–Trinajstić information content (AvgIpc) is 2.15. The van der Waals surface area contributed by atoms with Crippen molar-refractivity contribution in [3.8, 4) is 0 Å². The second-order valence-corrected chi connectivity index (χ2v) is 18.7. The number of fused-ring (bicyclic) bond motifs is 3. The Kier molecular flexibility index (Phi) is 26.5. The highest BCUT2D eigenvalue weighted by molar-refractivity contribution is 6.67. The van der Waals surface area contributed by atoms with E-state index in [0.717, 1.165) is 55.9 Å². The summed E-state index contributed by atoms with van der Waals surface area (Å²) in [5.74, 6) is 5.97. The number of hydrogen-bond acceptors (Lipinski definition) is 16. The maximum atomic E-state index is 11.8. The quantitative estimate of drug-likeness (QED) is 0.0122. The molecule has 2 amide bonds. The minimum atomic E-state index is -0.508. The molecule has 87 heavy (non-hydrogen) atoms. The molecule has 0 fully saturated rings. The van der Waals surface area contributed by atoms with E-state index in [1.165, 1.54) is 21.3 Å². The van der Waals surface area contributed by atoms with E-state index < -0.39 is 17.2 Å². The molecule has 2 aliphatic heterocycles. The normalized spacial score (nSPS) is 11.4. The first kappa shape index (κ1) is 69.7. The smallest absolute Gasteiger partial charge is 0.338 e. The third kappa shape index (κ3) is 16.0. The molecule has 10 aromatic rings. The minimum absolute atomic E-state index is 0. The predicted molar refractivity (Wildman–Crippen MR) is 335 cm³/mol. The van der Waals surface area contributed by atoms with Crippen LogP contribution >= 0.6 is 34.8 Å². The molecule has 0 bridgehead atoms. The average molecular weight is 1250 g/mol. The summed E-state index contributed by atoms with van der Waals surface area (Å²) in [6.45, 7) is 3.89. The van der Waals surface area contributed by atoms with E-state index in [0.29, 0.717) is 67.2 Å². The molecule has 5 aromatic heterocycles. The van der Waals surface area contributed by atoms with Crippen molar-refractivity contribution in [1.82, 2.24) is 41.8 Å². The number of hydrazine groups is 1. The Morgan fingerprint density at radius 2 is 0.943 bits per heavy atom. The number of hydrogen-bond donors (Lipinski definition) is 10. The van der Waals surface area contributed by atoms with Crippen LogP contribution in [-0.2, 0) is 19.0 Å². The number of methoxy groups -OCH3 is 3. The number of ether oxygens (including phenoxy) is 3. The molecule has 0 unspecified atom stereocenters. The number of carbonyl (C=O) groups is 9. The third-order valence-corrected chi connectivity index (χ3v) is 13.7. The number of nitrogens with one attached hydrogen (secondary N) is 7. The van der Waals surface area contributed by atoms with Crippen LogP contribution in [-0.4, -0.2) is 128 Å². The van der Waals surface area contributed by atoms with Gasteiger partial charge in [0.05, 0.1) is 67.6 Å². The highest BCUT2D eigenvalue weighted by Gasteiger charge is 2.24. The van der Waals surface area contributed by atoms with Gasteiger partial charge in [0.1, 0.15) is 0 Å². The molecule has 7 heterocycles. The molecule has 27 heteroatoms. The molecule has 0 spiro atoms. The number of benzene rings is 5. The molecule has 12 rings (SSSR count). The molecule has 456 valence electrons. The van der Waals surface area contributed by atoms with Crippen LogP contribution < -0.4 is 28.6 Å². The molecule has 24 nitrogen and oxygen atoms in total. The molecule has 0 atom stereocenters. The summed E-state index contributed by atoms with van der Waals surface area (Å²) in [4.78, 5) is 118. The molecule has 2 aliphatic rings. The fourth-order valence-electron chi connectivity index (χ4n) is 9.06. The van der Waals surface area contributed by atoms with Crippen LogP contribution in [0.1, 0.15) is 115 Å². The number of H-pyrrole nitrogens is 5. The monoisotopic (exact) mass is 1250 g/mol. The van der Waals surface area contributed by atoms with Gasteiger partial charge in [0, 0.05) is 120 Å². The summed E-state index contributed by atoms with van der Waals surface area (Å²) in [6.07, 6.45) is 9.78. The molecular weight excluding hydrogens is 1190 g/mol. The van der Waals surface area contributed by atoms with Crippen molar-refractivity contribution < 1.29 is 62.8 Å². The Labute approximate surface area is 510 Å². The summed E-state index contributed by atoms with van der Waals surface area (Å²) in [6, 6.07) is 28.8. The first-order chi connectivity index (χ1) is 41.0. The van der Waals surface area contributed by atoms with Gasteiger partial charge in [0.15, 0.2) is 17.3 Å². The van der Waals surface area contributed by atoms with E-state index in [9.17, 15) is 43.2 Å². The van der Waals surface area contributed by atoms with Crippen molar-refractivity contribution in [2.24, 2.45) is 16.8 Å². The first-order valence-corrected chi connectivity index (χ1v) is 27.1. The lowest BCUT2D eigenvalue weighted by atomic mass is 10.0. The zero-order valence-electron chi connectivity index (χ0n) is 47.5. The SMILES string of the molecule is CCC(=O)c1c[nH]c2cccc(C(=O)OC)c12.CCC1=NNC(=O)c2cccc3[nH]cc1c23.COC(=O)c1cccc2[nH]cc(C(=O)CCl)c12.COC(=O)c1cccc2[nH]ccc12.N.NN.O.O=C(Cl)CCl.O=C1CNC(=O)c2cccc3[nH]cc1c23. The lowest BCUT2D eigenvalue weighted by Gasteiger charge is -2.03. The van der Waals surface area contributed by atoms with Gasteiger partial charge in [-0.2, -0.15) is 5.10 Å². The van der Waals surface area contributed by atoms with Gasteiger partial charge in [-0.05, 0) is 84.8 Å². The third-order valence-electron chi connectivity index (χ3n) is 12.9. The number of aromatic nitrogens is 5. The second kappa shape index (κ2) is 33.0. The number of nitrogens with zero attached hydrogens (tertiary/aromatic N) is 1. The van der Waals surface area contributed by atoms with Crippen molar-refractivity contribution in [2.75, 3.05) is 39.6 Å². The van der Waals surface area contributed by atoms with Crippen molar-refractivity contribution in [3.05, 3.63) is 178 Å². The van der Waals surface area contributed by atoms with Crippen molar-refractivity contribution in [3.63, 3.8) is 0 Å². The maximum Gasteiger partial charge on any atom is 0.338 e. The lowest BCUT2D eigenvalue weighted by molar-refractivity contribution is -0.109. The topological polar surface area (TPSA) is 415 Å². The van der Waals surface area contributed by atoms with Crippen LogP contribution in [0.25, 0.3) is 54.5 Å². The van der Waals surface area contributed by atoms with Crippen LogP contribution in [0.3, 0.4) is 0 Å². The van der Waals surface area contributed by atoms with Gasteiger partial charge in [-0.15, -0.1) is 23.2 Å². The van der Waals surface area contributed by atoms with Crippen molar-refractivity contribution in [2.45, 2.75) is 26.7 Å². The molecule has 0 saturated carbocycles. The highest BCUT2D eigenvalue weighted by atomic mass is 35.5. The molecule has 5 aromatic carbocycles. The first-order valence-electron chi connectivity index (χ1n) is 25.7. The van der Waals surface area contributed by atoms with Crippen LogP contribution in [0.5, 0.6) is 0 Å². The molecular formula is C60H62Cl3N11O13. The Hall–Kier alpha value is -9.79. The Morgan fingerprint density at radius 1 is 0.517 bits per heavy atom. The summed E-state index contributed by atoms with van der Waals surface area (Å²) >= 11 is 15.1. The number of carbonyl (C=O) groups excluding carboxylic acids is 9. The van der Waals surface area contributed by atoms with Gasteiger partial charge in [-0.3, -0.25) is 40.5 Å². The van der Waals surface area contributed by atoms with Gasteiger partial charge in [0.25, 0.3) is 11.8 Å². The summed E-state index contributed by atoms with van der Waals surface area (Å²) in [5.41, 5.74) is 12.9. The number of amides is 2. The van der Waals surface area contributed by atoms with Gasteiger partial charge < -0.3 is 56.1 Å². The van der Waals surface area contributed by atoms with E-state index in [1.807, 2.05) is 61.7 Å². The number of esters is 3. The van der Waals surface area contributed by atoms with E-state index in [4.69, 9.17) is 39.5 Å². The Morgan fingerprint density at radius 3 is 1.43 bits per heavy atom. The van der Waals surface area contributed by atoms with Crippen LogP contribution in [0.4, 0.5) is 0 Å². The Balaban J connectivity index is 0.000000226.